The number of aryl methyl sites for hydroxylation is 1. The summed E-state index contributed by atoms with van der Waals surface area (Å²) in [5.41, 5.74) is 2.19. The minimum Gasteiger partial charge on any atom is -0.331 e. The molecule has 0 aliphatic heterocycles. The lowest BCUT2D eigenvalue weighted by molar-refractivity contribution is -0.385. The summed E-state index contributed by atoms with van der Waals surface area (Å²) in [5, 5.41) is 16.6. The minimum absolute atomic E-state index is 0.00894. The van der Waals surface area contributed by atoms with Crippen LogP contribution in [0.15, 0.2) is 48.5 Å². The molecule has 124 valence electrons. The second-order valence-corrected chi connectivity index (χ2v) is 6.08. The number of nitrogens with one attached hydrogen (secondary N) is 2. The fourth-order valence-electron chi connectivity index (χ4n) is 2.81. The number of anilines is 1. The molecule has 1 saturated carbocycles. The lowest BCUT2D eigenvalue weighted by atomic mass is 10.0. The van der Waals surface area contributed by atoms with Gasteiger partial charge in [-0.1, -0.05) is 30.3 Å². The number of nitro groups is 1. The van der Waals surface area contributed by atoms with Crippen molar-refractivity contribution in [3.63, 3.8) is 0 Å². The van der Waals surface area contributed by atoms with Crippen LogP contribution in [0.25, 0.3) is 0 Å². The number of benzene rings is 2. The van der Waals surface area contributed by atoms with E-state index in [9.17, 15) is 14.9 Å². The maximum atomic E-state index is 12.3. The second kappa shape index (κ2) is 6.70. The first-order valence-corrected chi connectivity index (χ1v) is 7.92. The quantitative estimate of drug-likeness (QED) is 0.639. The molecule has 2 amide bonds. The molecule has 2 N–H and O–H groups in total. The molecule has 1 atom stereocenters. The molecule has 0 spiro atoms. The van der Waals surface area contributed by atoms with Crippen LogP contribution in [0.4, 0.5) is 16.2 Å². The van der Waals surface area contributed by atoms with Crippen molar-refractivity contribution in [2.75, 3.05) is 5.32 Å². The van der Waals surface area contributed by atoms with Crippen molar-refractivity contribution in [1.82, 2.24) is 5.32 Å². The number of nitrogens with zero attached hydrogens (tertiary/aromatic N) is 1. The van der Waals surface area contributed by atoms with Crippen molar-refractivity contribution >= 4 is 17.4 Å². The van der Waals surface area contributed by atoms with E-state index in [2.05, 4.69) is 10.6 Å². The van der Waals surface area contributed by atoms with Gasteiger partial charge in [0.1, 0.15) is 0 Å². The van der Waals surface area contributed by atoms with Crippen LogP contribution in [-0.2, 0) is 0 Å². The average Bonchev–Trinajstić information content (AvgIpc) is 3.38. The maximum Gasteiger partial charge on any atom is 0.319 e. The Morgan fingerprint density at radius 1 is 1.21 bits per heavy atom. The summed E-state index contributed by atoms with van der Waals surface area (Å²) in [5.74, 6) is 0.469. The predicted octanol–water partition coefficient (Wildman–Crippen LogP) is 4.18. The smallest absolute Gasteiger partial charge is 0.319 e. The van der Waals surface area contributed by atoms with Gasteiger partial charge in [0.05, 0.1) is 11.0 Å². The Bertz CT molecular complexity index is 757. The number of hydrogen-bond donors (Lipinski definition) is 2. The molecule has 1 aliphatic carbocycles. The molecule has 2 aromatic rings. The highest BCUT2D eigenvalue weighted by Gasteiger charge is 2.33. The normalized spacial score (nSPS) is 14.7. The summed E-state index contributed by atoms with van der Waals surface area (Å²) in [6.07, 6.45) is 2.22. The van der Waals surface area contributed by atoms with Crippen LogP contribution in [0.2, 0.25) is 0 Å². The van der Waals surface area contributed by atoms with Gasteiger partial charge in [-0.05, 0) is 43.4 Å². The molecule has 0 aromatic heterocycles. The minimum atomic E-state index is -0.433. The van der Waals surface area contributed by atoms with Crippen LogP contribution in [-0.4, -0.2) is 11.0 Å². The number of urea groups is 1. The largest absolute Gasteiger partial charge is 0.331 e. The van der Waals surface area contributed by atoms with E-state index in [0.717, 1.165) is 18.4 Å². The van der Waals surface area contributed by atoms with Crippen molar-refractivity contribution in [2.24, 2.45) is 5.92 Å². The Hall–Kier alpha value is -2.89. The van der Waals surface area contributed by atoms with Crippen LogP contribution in [0, 0.1) is 23.0 Å². The van der Waals surface area contributed by atoms with Crippen molar-refractivity contribution in [2.45, 2.75) is 25.8 Å². The standard InChI is InChI=1S/C18H19N3O3/c1-12-11-15(9-10-16(12)21(23)24)19-18(22)20-17(14-7-8-14)13-5-3-2-4-6-13/h2-6,9-11,14,17H,7-8H2,1H3,(H2,19,20,22). The zero-order valence-electron chi connectivity index (χ0n) is 13.4. The van der Waals surface area contributed by atoms with Crippen molar-refractivity contribution in [1.29, 1.82) is 0 Å². The number of carbonyl (C=O) groups excluding carboxylic acids is 1. The lowest BCUT2D eigenvalue weighted by Gasteiger charge is -2.19. The molecule has 2 aromatic carbocycles. The van der Waals surface area contributed by atoms with E-state index in [1.165, 1.54) is 6.07 Å². The molecule has 3 rings (SSSR count). The van der Waals surface area contributed by atoms with Gasteiger partial charge in [-0.15, -0.1) is 0 Å². The zero-order valence-corrected chi connectivity index (χ0v) is 13.4. The third-order valence-corrected chi connectivity index (χ3v) is 4.19. The van der Waals surface area contributed by atoms with Crippen LogP contribution in [0.1, 0.15) is 30.0 Å². The number of nitro benzene ring substituents is 1. The van der Waals surface area contributed by atoms with Gasteiger partial charge in [0, 0.05) is 17.3 Å². The predicted molar refractivity (Wildman–Crippen MR) is 91.9 cm³/mol. The van der Waals surface area contributed by atoms with Gasteiger partial charge in [0.15, 0.2) is 0 Å². The Kier molecular flexibility index (Phi) is 4.46. The molecule has 1 aliphatic rings. The van der Waals surface area contributed by atoms with Gasteiger partial charge in [-0.25, -0.2) is 4.79 Å². The highest BCUT2D eigenvalue weighted by Crippen LogP contribution is 2.40. The number of carbonyl (C=O) groups is 1. The SMILES string of the molecule is Cc1cc(NC(=O)NC(c2ccccc2)C2CC2)ccc1[N+](=O)[O-]. The van der Waals surface area contributed by atoms with E-state index in [-0.39, 0.29) is 17.8 Å². The molecule has 0 saturated heterocycles. The van der Waals surface area contributed by atoms with E-state index < -0.39 is 4.92 Å². The van der Waals surface area contributed by atoms with Crippen LogP contribution >= 0.6 is 0 Å². The Balaban J connectivity index is 1.68. The summed E-state index contributed by atoms with van der Waals surface area (Å²) in [6, 6.07) is 14.1. The van der Waals surface area contributed by atoms with Gasteiger partial charge in [0.2, 0.25) is 0 Å². The average molecular weight is 325 g/mol. The van der Waals surface area contributed by atoms with Gasteiger partial charge in [-0.2, -0.15) is 0 Å². The first kappa shape index (κ1) is 16.0. The van der Waals surface area contributed by atoms with Gasteiger partial charge in [0.25, 0.3) is 5.69 Å². The summed E-state index contributed by atoms with van der Waals surface area (Å²) in [4.78, 5) is 22.7. The topological polar surface area (TPSA) is 84.3 Å². The lowest BCUT2D eigenvalue weighted by Crippen LogP contribution is -2.33. The molecular formula is C18H19N3O3. The summed E-state index contributed by atoms with van der Waals surface area (Å²) < 4.78 is 0. The van der Waals surface area contributed by atoms with Crippen LogP contribution in [0.3, 0.4) is 0 Å². The maximum absolute atomic E-state index is 12.3. The molecular weight excluding hydrogens is 306 g/mol. The van der Waals surface area contributed by atoms with Crippen molar-refractivity contribution < 1.29 is 9.72 Å². The number of hydrogen-bond acceptors (Lipinski definition) is 3. The fourth-order valence-corrected chi connectivity index (χ4v) is 2.81. The van der Waals surface area contributed by atoms with E-state index in [4.69, 9.17) is 0 Å². The second-order valence-electron chi connectivity index (χ2n) is 6.08. The molecule has 0 radical (unpaired) electrons. The van der Waals surface area contributed by atoms with Gasteiger partial charge >= 0.3 is 6.03 Å². The molecule has 24 heavy (non-hydrogen) atoms. The number of amides is 2. The van der Waals surface area contributed by atoms with E-state index in [1.54, 1.807) is 19.1 Å². The monoisotopic (exact) mass is 325 g/mol. The Morgan fingerprint density at radius 2 is 1.92 bits per heavy atom. The molecule has 6 nitrogen and oxygen atoms in total. The van der Waals surface area contributed by atoms with Gasteiger partial charge < -0.3 is 10.6 Å². The summed E-state index contributed by atoms with van der Waals surface area (Å²) >= 11 is 0. The van der Waals surface area contributed by atoms with Crippen molar-refractivity contribution in [3.05, 3.63) is 69.8 Å². The first-order chi connectivity index (χ1) is 11.5. The molecule has 1 fully saturated rings. The third kappa shape index (κ3) is 3.71. The van der Waals surface area contributed by atoms with E-state index in [0.29, 0.717) is 17.2 Å². The Labute approximate surface area is 140 Å². The summed E-state index contributed by atoms with van der Waals surface area (Å²) in [7, 11) is 0. The van der Waals surface area contributed by atoms with Gasteiger partial charge in [-0.3, -0.25) is 10.1 Å². The zero-order chi connectivity index (χ0) is 17.1. The highest BCUT2D eigenvalue weighted by atomic mass is 16.6. The molecule has 0 bridgehead atoms. The Morgan fingerprint density at radius 3 is 2.50 bits per heavy atom. The molecule has 6 heteroatoms. The first-order valence-electron chi connectivity index (χ1n) is 7.92. The summed E-state index contributed by atoms with van der Waals surface area (Å²) in [6.45, 7) is 1.65. The van der Waals surface area contributed by atoms with Crippen LogP contribution < -0.4 is 10.6 Å². The van der Waals surface area contributed by atoms with Crippen molar-refractivity contribution in [3.8, 4) is 0 Å². The van der Waals surface area contributed by atoms with E-state index >= 15 is 0 Å². The third-order valence-electron chi connectivity index (χ3n) is 4.19. The molecule has 0 heterocycles. The molecule has 1 unspecified atom stereocenters. The van der Waals surface area contributed by atoms with Crippen LogP contribution in [0.5, 0.6) is 0 Å². The highest BCUT2D eigenvalue weighted by molar-refractivity contribution is 5.89. The van der Waals surface area contributed by atoms with E-state index in [1.807, 2.05) is 30.3 Å². The number of rotatable bonds is 5. The fraction of sp³-hybridized carbons (Fsp3) is 0.278.